The molecule has 0 spiro atoms. The summed E-state index contributed by atoms with van der Waals surface area (Å²) < 4.78 is 2.61. The first-order valence-electron chi connectivity index (χ1n) is 11.5. The van der Waals surface area contributed by atoms with E-state index in [2.05, 4.69) is 54.6 Å². The predicted molar refractivity (Wildman–Crippen MR) is 131 cm³/mol. The van der Waals surface area contributed by atoms with Crippen LogP contribution in [0, 0.1) is 23.7 Å². The normalized spacial score (nSPS) is 31.7. The van der Waals surface area contributed by atoms with E-state index >= 15 is 0 Å². The second-order valence-electron chi connectivity index (χ2n) is 10.1. The van der Waals surface area contributed by atoms with E-state index in [0.29, 0.717) is 11.8 Å². The van der Waals surface area contributed by atoms with E-state index in [9.17, 15) is 5.11 Å². The number of thiophene rings is 1. The van der Waals surface area contributed by atoms with E-state index in [1.807, 2.05) is 17.4 Å². The summed E-state index contributed by atoms with van der Waals surface area (Å²) in [6, 6.07) is 21.6. The maximum Gasteiger partial charge on any atom is 0.0958 e. The smallest absolute Gasteiger partial charge is 0.0958 e. The number of fused-ring (bicyclic) bond motifs is 3. The highest BCUT2D eigenvalue weighted by atomic mass is 35.5. The minimum Gasteiger partial charge on any atom is -0.385 e. The van der Waals surface area contributed by atoms with Crippen LogP contribution in [-0.2, 0) is 5.60 Å². The Balaban J connectivity index is 1.41. The fourth-order valence-corrected chi connectivity index (χ4v) is 8.66. The van der Waals surface area contributed by atoms with Crippen LogP contribution in [0.5, 0.6) is 0 Å². The SMILES string of the molecule is OC1(c2ccc(Cl)cc2-c2ccc3c(c2)sc2ccccc23)C2CC3CC(C2)CC1C3. The summed E-state index contributed by atoms with van der Waals surface area (Å²) in [6.07, 6.45) is 6.11. The van der Waals surface area contributed by atoms with Gasteiger partial charge in [0.2, 0.25) is 0 Å². The molecule has 4 aliphatic carbocycles. The van der Waals surface area contributed by atoms with Crippen molar-refractivity contribution in [3.8, 4) is 11.1 Å². The lowest BCUT2D eigenvalue weighted by Gasteiger charge is -2.59. The molecular weight excluding hydrogens is 420 g/mol. The zero-order valence-electron chi connectivity index (χ0n) is 17.4. The molecular formula is C28H25ClOS. The maximum atomic E-state index is 12.3. The molecule has 0 aliphatic heterocycles. The van der Waals surface area contributed by atoms with Crippen LogP contribution in [0.1, 0.15) is 37.7 Å². The largest absolute Gasteiger partial charge is 0.385 e. The van der Waals surface area contributed by atoms with Gasteiger partial charge in [-0.1, -0.05) is 48.0 Å². The second kappa shape index (κ2) is 6.57. The summed E-state index contributed by atoms with van der Waals surface area (Å²) in [7, 11) is 0. The molecule has 1 nitrogen and oxygen atoms in total. The first-order valence-corrected chi connectivity index (χ1v) is 12.7. The van der Waals surface area contributed by atoms with Gasteiger partial charge in [0.25, 0.3) is 0 Å². The molecule has 1 N–H and O–H groups in total. The summed E-state index contributed by atoms with van der Waals surface area (Å²) in [5.74, 6) is 2.43. The summed E-state index contributed by atoms with van der Waals surface area (Å²) in [5, 5.41) is 15.6. The van der Waals surface area contributed by atoms with E-state index in [0.717, 1.165) is 28.0 Å². The first kappa shape index (κ1) is 18.7. The van der Waals surface area contributed by atoms with Crippen LogP contribution in [-0.4, -0.2) is 5.11 Å². The van der Waals surface area contributed by atoms with E-state index < -0.39 is 5.60 Å². The molecule has 0 radical (unpaired) electrons. The minimum atomic E-state index is -0.720. The van der Waals surface area contributed by atoms with Crippen molar-refractivity contribution < 1.29 is 5.11 Å². The standard InChI is InChI=1S/C28H25ClOS/c29-21-6-8-25(28(30)19-10-16-9-17(12-19)13-20(28)11-16)24(15-21)18-5-7-23-22-3-1-2-4-26(22)31-27(23)14-18/h1-8,14-17,19-20,30H,9-13H2. The Morgan fingerprint density at radius 3 is 2.26 bits per heavy atom. The van der Waals surface area contributed by atoms with Gasteiger partial charge in [0.15, 0.2) is 0 Å². The minimum absolute atomic E-state index is 0.386. The van der Waals surface area contributed by atoms with Crippen molar-refractivity contribution in [1.29, 1.82) is 0 Å². The predicted octanol–water partition coefficient (Wildman–Crippen LogP) is 8.02. The van der Waals surface area contributed by atoms with Gasteiger partial charge in [0.1, 0.15) is 0 Å². The molecule has 3 aromatic carbocycles. The Labute approximate surface area is 191 Å². The lowest BCUT2D eigenvalue weighted by molar-refractivity contribution is -0.179. The number of hydrogen-bond donors (Lipinski definition) is 1. The molecule has 0 atom stereocenters. The van der Waals surface area contributed by atoms with Crippen LogP contribution in [0.15, 0.2) is 60.7 Å². The van der Waals surface area contributed by atoms with Crippen LogP contribution in [0.3, 0.4) is 0 Å². The third-order valence-electron chi connectivity index (χ3n) is 8.49. The third-order valence-corrected chi connectivity index (χ3v) is 9.85. The first-order chi connectivity index (χ1) is 15.1. The quantitative estimate of drug-likeness (QED) is 0.332. The Morgan fingerprint density at radius 1 is 0.774 bits per heavy atom. The lowest BCUT2D eigenvalue weighted by Crippen LogP contribution is -2.55. The molecule has 4 bridgehead atoms. The molecule has 3 heteroatoms. The van der Waals surface area contributed by atoms with Gasteiger partial charge >= 0.3 is 0 Å². The van der Waals surface area contributed by atoms with Gasteiger partial charge < -0.3 is 5.11 Å². The number of rotatable bonds is 2. The lowest BCUT2D eigenvalue weighted by atomic mass is 9.48. The molecule has 1 aromatic heterocycles. The van der Waals surface area contributed by atoms with Crippen molar-refractivity contribution in [2.24, 2.45) is 23.7 Å². The van der Waals surface area contributed by atoms with Crippen molar-refractivity contribution in [1.82, 2.24) is 0 Å². The highest BCUT2D eigenvalue weighted by Gasteiger charge is 2.57. The number of aliphatic hydroxyl groups is 1. The molecule has 0 amide bonds. The molecule has 1 heterocycles. The topological polar surface area (TPSA) is 20.2 Å². The Hall–Kier alpha value is -1.87. The van der Waals surface area contributed by atoms with Crippen molar-refractivity contribution in [2.75, 3.05) is 0 Å². The Morgan fingerprint density at radius 2 is 1.48 bits per heavy atom. The molecule has 0 saturated heterocycles. The van der Waals surface area contributed by atoms with Gasteiger partial charge in [-0.25, -0.2) is 0 Å². The zero-order chi connectivity index (χ0) is 20.7. The van der Waals surface area contributed by atoms with Crippen LogP contribution >= 0.6 is 22.9 Å². The molecule has 4 aliphatic rings. The van der Waals surface area contributed by atoms with Crippen molar-refractivity contribution in [3.63, 3.8) is 0 Å². The van der Waals surface area contributed by atoms with Gasteiger partial charge in [0, 0.05) is 25.2 Å². The monoisotopic (exact) mass is 444 g/mol. The van der Waals surface area contributed by atoms with Crippen LogP contribution in [0.2, 0.25) is 5.02 Å². The Bertz CT molecular complexity index is 1310. The average molecular weight is 445 g/mol. The molecule has 31 heavy (non-hydrogen) atoms. The third kappa shape index (κ3) is 2.65. The van der Waals surface area contributed by atoms with E-state index in [1.54, 1.807) is 0 Å². The van der Waals surface area contributed by atoms with Gasteiger partial charge in [-0.05, 0) is 96.7 Å². The summed E-state index contributed by atoms with van der Waals surface area (Å²) in [5.41, 5.74) is 2.66. The molecule has 0 unspecified atom stereocenters. The van der Waals surface area contributed by atoms with Gasteiger partial charge in [-0.3, -0.25) is 0 Å². The fraction of sp³-hybridized carbons (Fsp3) is 0.357. The highest BCUT2D eigenvalue weighted by Crippen LogP contribution is 2.62. The number of halogens is 1. The molecule has 4 aromatic rings. The number of hydrogen-bond acceptors (Lipinski definition) is 2. The average Bonchev–Trinajstić information content (AvgIpc) is 3.14. The summed E-state index contributed by atoms with van der Waals surface area (Å²) in [6.45, 7) is 0. The summed E-state index contributed by atoms with van der Waals surface area (Å²) >= 11 is 8.35. The molecule has 156 valence electrons. The van der Waals surface area contributed by atoms with E-state index in [4.69, 9.17) is 11.6 Å². The molecule has 4 fully saturated rings. The maximum absolute atomic E-state index is 12.3. The fourth-order valence-electron chi connectivity index (χ4n) is 7.34. The molecule has 4 saturated carbocycles. The van der Waals surface area contributed by atoms with Crippen molar-refractivity contribution in [3.05, 3.63) is 71.2 Å². The van der Waals surface area contributed by atoms with Crippen molar-refractivity contribution >= 4 is 43.1 Å². The zero-order valence-corrected chi connectivity index (χ0v) is 18.9. The van der Waals surface area contributed by atoms with Crippen LogP contribution < -0.4 is 0 Å². The second-order valence-corrected chi connectivity index (χ2v) is 11.6. The van der Waals surface area contributed by atoms with Gasteiger partial charge in [0.05, 0.1) is 5.60 Å². The van der Waals surface area contributed by atoms with Gasteiger partial charge in [-0.15, -0.1) is 11.3 Å². The molecule has 8 rings (SSSR count). The van der Waals surface area contributed by atoms with E-state index in [-0.39, 0.29) is 0 Å². The highest BCUT2D eigenvalue weighted by molar-refractivity contribution is 7.25. The number of benzene rings is 3. The van der Waals surface area contributed by atoms with E-state index in [1.165, 1.54) is 57.8 Å². The Kier molecular flexibility index (Phi) is 3.96. The van der Waals surface area contributed by atoms with Crippen molar-refractivity contribution in [2.45, 2.75) is 37.7 Å². The summed E-state index contributed by atoms with van der Waals surface area (Å²) in [4.78, 5) is 0. The van der Waals surface area contributed by atoms with Crippen LogP contribution in [0.4, 0.5) is 0 Å². The van der Waals surface area contributed by atoms with Gasteiger partial charge in [-0.2, -0.15) is 0 Å². The van der Waals surface area contributed by atoms with Crippen LogP contribution in [0.25, 0.3) is 31.3 Å².